The normalized spacial score (nSPS) is 42.8. The molecule has 4 saturated carbocycles. The molecule has 5 fully saturated rings. The van der Waals surface area contributed by atoms with E-state index in [-0.39, 0.29) is 22.8 Å². The quantitative estimate of drug-likeness (QED) is 0.818. The molecule has 5 heteroatoms. The maximum Gasteiger partial charge on any atom is 0.226 e. The average molecular weight is 348 g/mol. The highest BCUT2D eigenvalue weighted by molar-refractivity contribution is 5.84. The molecule has 5 nitrogen and oxygen atoms in total. The van der Waals surface area contributed by atoms with Gasteiger partial charge in [0.1, 0.15) is 0 Å². The Morgan fingerprint density at radius 3 is 2.36 bits per heavy atom. The van der Waals surface area contributed by atoms with Crippen LogP contribution in [0.25, 0.3) is 0 Å². The molecule has 140 valence electrons. The van der Waals surface area contributed by atoms with Crippen molar-refractivity contribution in [1.82, 2.24) is 15.5 Å². The Labute approximate surface area is 151 Å². The van der Waals surface area contributed by atoms with Crippen LogP contribution in [0.15, 0.2) is 0 Å². The summed E-state index contributed by atoms with van der Waals surface area (Å²) in [5.74, 6) is 1.54. The SMILES string of the molecule is CC(=O)NC12C[C@H]3C[C@@H](C1)CC(C(=O)N[C@@H]1CCN(C(C)C)C1)(C3)C2. The number of rotatable bonds is 4. The molecule has 1 heterocycles. The summed E-state index contributed by atoms with van der Waals surface area (Å²) in [7, 11) is 0. The molecule has 0 aromatic heterocycles. The zero-order valence-corrected chi connectivity index (χ0v) is 15.9. The number of amides is 2. The molecule has 2 N–H and O–H groups in total. The number of hydrogen-bond donors (Lipinski definition) is 2. The van der Waals surface area contributed by atoms with Crippen LogP contribution in [0.5, 0.6) is 0 Å². The van der Waals surface area contributed by atoms with E-state index in [1.165, 1.54) is 6.42 Å². The predicted octanol–water partition coefficient (Wildman–Crippen LogP) is 2.06. The van der Waals surface area contributed by atoms with Gasteiger partial charge >= 0.3 is 0 Å². The van der Waals surface area contributed by atoms with E-state index in [0.29, 0.717) is 23.9 Å². The van der Waals surface area contributed by atoms with E-state index in [1.807, 2.05) is 0 Å². The number of nitrogens with one attached hydrogen (secondary N) is 2. The second kappa shape index (κ2) is 5.97. The van der Waals surface area contributed by atoms with E-state index in [9.17, 15) is 9.59 Å². The van der Waals surface area contributed by atoms with Crippen LogP contribution in [-0.4, -0.2) is 47.4 Å². The van der Waals surface area contributed by atoms with Crippen molar-refractivity contribution in [2.75, 3.05) is 13.1 Å². The molecule has 25 heavy (non-hydrogen) atoms. The van der Waals surface area contributed by atoms with Gasteiger partial charge in [-0.05, 0) is 70.6 Å². The first-order chi connectivity index (χ1) is 11.8. The lowest BCUT2D eigenvalue weighted by Gasteiger charge is -2.61. The van der Waals surface area contributed by atoms with E-state index in [2.05, 4.69) is 29.4 Å². The van der Waals surface area contributed by atoms with E-state index in [0.717, 1.165) is 51.6 Å². The smallest absolute Gasteiger partial charge is 0.226 e. The minimum atomic E-state index is -0.238. The Bertz CT molecular complexity index is 559. The minimum Gasteiger partial charge on any atom is -0.352 e. The van der Waals surface area contributed by atoms with Gasteiger partial charge in [-0.25, -0.2) is 0 Å². The van der Waals surface area contributed by atoms with E-state index in [4.69, 9.17) is 0 Å². The molecule has 5 rings (SSSR count). The Hall–Kier alpha value is -1.10. The molecule has 2 unspecified atom stereocenters. The van der Waals surface area contributed by atoms with Gasteiger partial charge in [0.15, 0.2) is 0 Å². The first kappa shape index (κ1) is 17.3. The van der Waals surface area contributed by atoms with Crippen LogP contribution in [0.4, 0.5) is 0 Å². The highest BCUT2D eigenvalue weighted by atomic mass is 16.2. The van der Waals surface area contributed by atoms with Gasteiger partial charge in [0.05, 0.1) is 5.41 Å². The Balaban J connectivity index is 1.48. The van der Waals surface area contributed by atoms with Crippen LogP contribution in [0.1, 0.15) is 65.7 Å². The zero-order valence-electron chi connectivity index (χ0n) is 15.9. The molecule has 1 aliphatic heterocycles. The monoisotopic (exact) mass is 347 g/mol. The molecule has 2 amide bonds. The van der Waals surface area contributed by atoms with Gasteiger partial charge in [-0.2, -0.15) is 0 Å². The third-order valence-electron chi connectivity index (χ3n) is 7.27. The van der Waals surface area contributed by atoms with Gasteiger partial charge < -0.3 is 10.6 Å². The summed E-state index contributed by atoms with van der Waals surface area (Å²) in [5, 5.41) is 6.65. The minimum absolute atomic E-state index is 0.0564. The molecule has 5 aliphatic rings. The average Bonchev–Trinajstić information content (AvgIpc) is 2.93. The van der Waals surface area contributed by atoms with Gasteiger partial charge in [0.25, 0.3) is 0 Å². The van der Waals surface area contributed by atoms with Crippen molar-refractivity contribution in [3.05, 3.63) is 0 Å². The lowest BCUT2D eigenvalue weighted by molar-refractivity contribution is -0.153. The molecule has 4 bridgehead atoms. The topological polar surface area (TPSA) is 61.4 Å². The summed E-state index contributed by atoms with van der Waals surface area (Å²) < 4.78 is 0. The Morgan fingerprint density at radius 2 is 1.80 bits per heavy atom. The van der Waals surface area contributed by atoms with Gasteiger partial charge in [0, 0.05) is 37.6 Å². The molecule has 4 aliphatic carbocycles. The van der Waals surface area contributed by atoms with Crippen molar-refractivity contribution in [1.29, 1.82) is 0 Å². The number of hydrogen-bond acceptors (Lipinski definition) is 3. The fourth-order valence-electron chi connectivity index (χ4n) is 6.76. The number of likely N-dealkylation sites (tertiary alicyclic amines) is 1. The fourth-order valence-corrected chi connectivity index (χ4v) is 6.76. The molecule has 0 spiro atoms. The highest BCUT2D eigenvalue weighted by Gasteiger charge is 2.61. The second-order valence-electron chi connectivity index (χ2n) is 9.75. The summed E-state index contributed by atoms with van der Waals surface area (Å²) in [6.07, 6.45) is 7.35. The molecule has 0 aromatic rings. The number of carbonyl (C=O) groups excluding carboxylic acids is 2. The Morgan fingerprint density at radius 1 is 1.12 bits per heavy atom. The number of nitrogens with zero attached hydrogens (tertiary/aromatic N) is 1. The lowest BCUT2D eigenvalue weighted by atomic mass is 9.46. The summed E-state index contributed by atoms with van der Waals surface area (Å²) >= 11 is 0. The molecule has 0 aromatic carbocycles. The van der Waals surface area contributed by atoms with E-state index in [1.54, 1.807) is 6.92 Å². The largest absolute Gasteiger partial charge is 0.352 e. The van der Waals surface area contributed by atoms with Crippen LogP contribution < -0.4 is 10.6 Å². The van der Waals surface area contributed by atoms with Crippen molar-refractivity contribution < 1.29 is 9.59 Å². The molecule has 0 radical (unpaired) electrons. The van der Waals surface area contributed by atoms with Crippen LogP contribution in [0, 0.1) is 17.3 Å². The third kappa shape index (κ3) is 3.09. The van der Waals surface area contributed by atoms with Crippen molar-refractivity contribution in [3.8, 4) is 0 Å². The van der Waals surface area contributed by atoms with Crippen LogP contribution in [0.3, 0.4) is 0 Å². The van der Waals surface area contributed by atoms with Crippen molar-refractivity contribution in [2.45, 2.75) is 83.3 Å². The summed E-state index contributed by atoms with van der Waals surface area (Å²) in [4.78, 5) is 27.5. The summed E-state index contributed by atoms with van der Waals surface area (Å²) in [5.41, 5.74) is -0.356. The maximum absolute atomic E-state index is 13.3. The molecule has 1 saturated heterocycles. The zero-order chi connectivity index (χ0) is 17.8. The molecule has 5 atom stereocenters. The van der Waals surface area contributed by atoms with Crippen LogP contribution in [-0.2, 0) is 9.59 Å². The van der Waals surface area contributed by atoms with E-state index < -0.39 is 0 Å². The predicted molar refractivity (Wildman–Crippen MR) is 96.9 cm³/mol. The third-order valence-corrected chi connectivity index (χ3v) is 7.27. The van der Waals surface area contributed by atoms with Crippen LogP contribution in [0.2, 0.25) is 0 Å². The van der Waals surface area contributed by atoms with Crippen molar-refractivity contribution in [2.24, 2.45) is 17.3 Å². The van der Waals surface area contributed by atoms with Gasteiger partial charge in [-0.1, -0.05) is 0 Å². The van der Waals surface area contributed by atoms with Crippen LogP contribution >= 0.6 is 0 Å². The summed E-state index contributed by atoms with van der Waals surface area (Å²) in [6, 6.07) is 0.837. The number of carbonyl (C=O) groups is 2. The first-order valence-corrected chi connectivity index (χ1v) is 10.1. The van der Waals surface area contributed by atoms with E-state index >= 15 is 0 Å². The van der Waals surface area contributed by atoms with Gasteiger partial charge in [-0.3, -0.25) is 14.5 Å². The van der Waals surface area contributed by atoms with Gasteiger partial charge in [-0.15, -0.1) is 0 Å². The van der Waals surface area contributed by atoms with Crippen molar-refractivity contribution >= 4 is 11.8 Å². The molecular weight excluding hydrogens is 314 g/mol. The first-order valence-electron chi connectivity index (χ1n) is 10.1. The standard InChI is InChI=1S/C20H33N3O2/c1-13(2)23-5-4-17(11-23)21-18(25)19-7-15-6-16(8-19)10-20(9-15,12-19)22-14(3)24/h13,15-17H,4-12H2,1-3H3,(H,21,25)(H,22,24)/t15-,16+,17-,19?,20?/m1/s1. The van der Waals surface area contributed by atoms with Gasteiger partial charge in [0.2, 0.25) is 11.8 Å². The fraction of sp³-hybridized carbons (Fsp3) is 0.900. The lowest BCUT2D eigenvalue weighted by Crippen LogP contribution is -2.66. The van der Waals surface area contributed by atoms with Crippen molar-refractivity contribution in [3.63, 3.8) is 0 Å². The summed E-state index contributed by atoms with van der Waals surface area (Å²) in [6.45, 7) is 8.12. The molecular formula is C20H33N3O2. The maximum atomic E-state index is 13.3. The second-order valence-corrected chi connectivity index (χ2v) is 9.75. The highest BCUT2D eigenvalue weighted by Crippen LogP contribution is 2.61. The Kier molecular flexibility index (Phi) is 4.13.